The van der Waals surface area contributed by atoms with E-state index >= 15 is 0 Å². The predicted octanol–water partition coefficient (Wildman–Crippen LogP) is 23.8. The van der Waals surface area contributed by atoms with E-state index in [0.29, 0.717) is 0 Å². The van der Waals surface area contributed by atoms with Crippen LogP contribution in [0.4, 0.5) is 34.1 Å². The van der Waals surface area contributed by atoms with Crippen molar-refractivity contribution in [1.29, 1.82) is 0 Å². The number of rotatable bonds is 17. The zero-order valence-electron chi connectivity index (χ0n) is 74.6. The molecule has 0 amide bonds. The summed E-state index contributed by atoms with van der Waals surface area (Å²) in [6.45, 7) is -2.43. The van der Waals surface area contributed by atoms with Crippen molar-refractivity contribution >= 4 is 196 Å². The summed E-state index contributed by atoms with van der Waals surface area (Å²) in [6, 6.07) is 194. The first-order valence-electron chi connectivity index (χ1n) is 47.1. The van der Waals surface area contributed by atoms with Gasteiger partial charge in [-0.15, -0.1) is 0 Å². The van der Waals surface area contributed by atoms with E-state index in [0.717, 1.165) is 128 Å². The summed E-state index contributed by atoms with van der Waals surface area (Å²) in [5.41, 5.74) is 29.0. The molecule has 0 saturated carbocycles. The molecule has 0 aliphatic carbocycles. The molecule has 0 unspecified atom stereocenters. The van der Waals surface area contributed by atoms with Crippen LogP contribution in [0.1, 0.15) is 0 Å². The first kappa shape index (κ1) is 79.7. The van der Waals surface area contributed by atoms with Gasteiger partial charge in [0.2, 0.25) is 0 Å². The van der Waals surface area contributed by atoms with E-state index in [1.165, 1.54) is 59.7 Å². The molecule has 20 aromatic carbocycles. The molecule has 2 saturated heterocycles. The second-order valence-corrected chi connectivity index (χ2v) is 35.8. The summed E-state index contributed by atoms with van der Waals surface area (Å²) in [4.78, 5) is 0. The predicted molar refractivity (Wildman–Crippen MR) is 581 cm³/mol. The van der Waals surface area contributed by atoms with Gasteiger partial charge in [0, 0.05) is 100.0 Å². The van der Waals surface area contributed by atoms with E-state index in [1.807, 2.05) is 0 Å². The monoisotopic (exact) mass is 1730 g/mol. The first-order chi connectivity index (χ1) is 67.6. The highest BCUT2D eigenvalue weighted by Crippen LogP contribution is 2.45. The number of hydrogen-bond acceptors (Lipinski definition) is 6. The average Bonchev–Trinajstić information content (AvgIpc) is 1.51. The lowest BCUT2D eigenvalue weighted by molar-refractivity contribution is 1.17. The number of para-hydroxylation sites is 10. The van der Waals surface area contributed by atoms with Crippen LogP contribution in [0.5, 0.6) is 0 Å². The Hall–Kier alpha value is -17.2. The lowest BCUT2D eigenvalue weighted by Crippen LogP contribution is -2.86. The Morgan fingerprint density at radius 3 is 0.676 bits per heavy atom. The largest absolute Gasteiger partial charge is 0.416 e. The molecule has 2 aliphatic rings. The molecular weight excluding hydrogens is 1650 g/mol. The quantitative estimate of drug-likeness (QED) is 0.0846. The molecule has 0 spiro atoms. The number of hydrogen-bond donors (Lipinski definition) is 0. The van der Waals surface area contributed by atoms with E-state index in [4.69, 9.17) is 0 Å². The van der Waals surface area contributed by atoms with E-state index in [1.54, 1.807) is 0 Å². The molecule has 634 valence electrons. The maximum absolute atomic E-state index is 2.73. The minimum atomic E-state index is -0.512. The molecule has 6 heterocycles. The first-order valence-corrected chi connectivity index (χ1v) is 47.1. The minimum absolute atomic E-state index is 0.321. The third kappa shape index (κ3) is 13.2. The molecule has 0 N–H and O–H groups in total. The van der Waals surface area contributed by atoms with Crippen LogP contribution in [-0.2, 0) is 0 Å². The van der Waals surface area contributed by atoms with Crippen molar-refractivity contribution in [3.05, 3.63) is 522 Å². The summed E-state index contributed by atoms with van der Waals surface area (Å²) >= 11 is 0. The summed E-state index contributed by atoms with van der Waals surface area (Å²) in [5.74, 6) is 0. The summed E-state index contributed by atoms with van der Waals surface area (Å²) < 4.78 is 26.0. The molecule has 24 aromatic rings. The van der Waals surface area contributed by atoms with Crippen molar-refractivity contribution < 1.29 is 0 Å². The van der Waals surface area contributed by atoms with Crippen LogP contribution >= 0.6 is 0 Å². The Labute approximate surface area is 792 Å². The lowest BCUT2D eigenvalue weighted by Gasteiger charge is -2.57. The molecule has 26 rings (SSSR count). The number of aromatic nitrogens is 4. The van der Waals surface area contributed by atoms with Crippen LogP contribution in [0.3, 0.4) is 0 Å². The van der Waals surface area contributed by atoms with Gasteiger partial charge in [-0.1, -0.05) is 358 Å². The number of nitrogens with zero attached hydrogens (tertiary/aromatic N) is 10. The van der Waals surface area contributed by atoms with Crippen LogP contribution in [0.2, 0.25) is 0 Å². The Bertz CT molecular complexity index is 8430. The van der Waals surface area contributed by atoms with Gasteiger partial charge in [-0.05, 0) is 208 Å². The van der Waals surface area contributed by atoms with Gasteiger partial charge >= 0.3 is 41.9 Å². The van der Waals surface area contributed by atoms with E-state index < -0.39 is 20.9 Å². The molecule has 16 heteroatoms. The third-order valence-corrected chi connectivity index (χ3v) is 28.3. The zero-order chi connectivity index (χ0) is 89.7. The summed E-state index contributed by atoms with van der Waals surface area (Å²) in [7, 11) is 0. The van der Waals surface area contributed by atoms with Crippen LogP contribution in [0, 0.1) is 0 Å². The molecule has 4 aromatic heterocycles. The fourth-order valence-corrected chi connectivity index (χ4v) is 22.7. The van der Waals surface area contributed by atoms with Crippen molar-refractivity contribution in [3.8, 4) is 33.9 Å². The van der Waals surface area contributed by atoms with Gasteiger partial charge in [0.05, 0.1) is 44.1 Å². The van der Waals surface area contributed by atoms with Crippen molar-refractivity contribution in [2.45, 2.75) is 0 Å². The molecule has 2 fully saturated rings. The number of anilines is 6. The van der Waals surface area contributed by atoms with Gasteiger partial charge in [-0.2, -0.15) is 0 Å². The van der Waals surface area contributed by atoms with Crippen molar-refractivity contribution in [2.24, 2.45) is 0 Å². The van der Waals surface area contributed by atoms with Crippen LogP contribution in [0.15, 0.2) is 522 Å². The van der Waals surface area contributed by atoms with Gasteiger partial charge in [0.1, 0.15) is 0 Å². The van der Waals surface area contributed by atoms with Gasteiger partial charge in [0.15, 0.2) is 0 Å². The molecule has 0 atom stereocenters. The molecule has 10 nitrogen and oxygen atoms in total. The SMILES string of the molecule is c1ccc(B2N(c3ccccc3)B(c3ccccc3)N(c3ccc(-n4c5ccccc5c5ccccc54)cc3)B(c3ccccc3)N2c2ccc(-c3cccc4c3c3ccccc3n4-c3cccc(B4N(c5ccccc5)B(c5cccc(-n6c7ccccc7c7ccccc76)c5)N(c5ccccc5)B(c5ccccc5)N4c4cccc(-n5c6ccccc6c6ccccc65)c4)c3)cc2)cc1. The van der Waals surface area contributed by atoms with E-state index in [-0.39, 0.29) is 20.9 Å². The minimum Gasteiger partial charge on any atom is -0.416 e. The highest BCUT2D eigenvalue weighted by atomic mass is 15.3. The second-order valence-electron chi connectivity index (χ2n) is 35.8. The van der Waals surface area contributed by atoms with Gasteiger partial charge in [-0.25, -0.2) is 0 Å². The van der Waals surface area contributed by atoms with Crippen molar-refractivity contribution in [3.63, 3.8) is 0 Å². The van der Waals surface area contributed by atoms with Crippen molar-refractivity contribution in [2.75, 3.05) is 28.3 Å². The molecule has 136 heavy (non-hydrogen) atoms. The molecular formula is C120H86B6N10. The fraction of sp³-hybridized carbons (Fsp3) is 0. The molecule has 0 radical (unpaired) electrons. The highest BCUT2D eigenvalue weighted by molar-refractivity contribution is 7.16. The van der Waals surface area contributed by atoms with Gasteiger partial charge < -0.3 is 46.6 Å². The number of benzene rings is 20. The molecule has 2 aliphatic heterocycles. The Kier molecular flexibility index (Phi) is 19.7. The average molecular weight is 1730 g/mol. The van der Waals surface area contributed by atoms with Crippen LogP contribution < -0.4 is 61.1 Å². The van der Waals surface area contributed by atoms with Crippen molar-refractivity contribution in [1.82, 2.24) is 18.3 Å². The third-order valence-electron chi connectivity index (χ3n) is 28.3. The molecule has 0 bridgehead atoms. The smallest absolute Gasteiger partial charge is 0.389 e. The topological polar surface area (TPSA) is 39.2 Å². The fourth-order valence-electron chi connectivity index (χ4n) is 22.7. The second kappa shape index (κ2) is 33.6. The zero-order valence-corrected chi connectivity index (χ0v) is 74.6. The van der Waals surface area contributed by atoms with Crippen LogP contribution in [0.25, 0.3) is 121 Å². The summed E-state index contributed by atoms with van der Waals surface area (Å²) in [6.07, 6.45) is 0. The normalized spacial score (nSPS) is 13.3. The standard InChI is InChI=1S/C120H86B6N10/c1-8-40-88(41-9-1)121-131(95-50-16-5-17-51-95)122(89-42-10-2-11-43-89)135(99-82-80-94(81-83-99)127-112-68-29-22-60-105(112)106-61-23-30-69-113(106)127)123(90-44-12-3-13-45-90)134(121)98-78-76-87(77-79-98)104-67-39-75-119-120(104)111-66-28-35-74-118(111)130(119)101-57-37-49-93(85-101)126-133(97-54-20-7-21-55-97)125(92-48-36-56-100(84-92)128-114-70-31-24-62-107(114)108-63-25-32-71-115(108)128)132(96-52-18-6-19-53-96)124(91-46-14-4-15-47-91)136(126)103-59-38-58-102(86-103)129-116-72-33-26-64-109(116)110-65-27-34-73-117(110)129/h1-86H. The Morgan fingerprint density at radius 1 is 0.125 bits per heavy atom. The van der Waals surface area contributed by atoms with Gasteiger partial charge in [-0.3, -0.25) is 0 Å². The van der Waals surface area contributed by atoms with E-state index in [9.17, 15) is 0 Å². The lowest BCUT2D eigenvalue weighted by atomic mass is 9.37. The Balaban J connectivity index is 0.663. The van der Waals surface area contributed by atoms with Gasteiger partial charge in [0.25, 0.3) is 0 Å². The maximum atomic E-state index is 2.73. The van der Waals surface area contributed by atoms with Crippen LogP contribution in [-0.4, -0.2) is 60.2 Å². The van der Waals surface area contributed by atoms with E-state index in [2.05, 4.69) is 568 Å². The summed E-state index contributed by atoms with van der Waals surface area (Å²) in [5, 5.41) is 9.66. The Morgan fingerprint density at radius 2 is 0.331 bits per heavy atom. The highest BCUT2D eigenvalue weighted by Gasteiger charge is 2.58. The number of fused-ring (bicyclic) bond motifs is 12. The maximum Gasteiger partial charge on any atom is 0.389 e.